The number of carbonyl (C=O) groups is 1. The third kappa shape index (κ3) is 5.86. The molecule has 3 aromatic rings. The summed E-state index contributed by atoms with van der Waals surface area (Å²) in [5, 5.41) is 11.6. The third-order valence-corrected chi connectivity index (χ3v) is 6.85. The molecule has 2 aromatic carbocycles. The van der Waals surface area contributed by atoms with Crippen LogP contribution in [0.2, 0.25) is 0 Å². The van der Waals surface area contributed by atoms with E-state index in [9.17, 15) is 22.7 Å². The molecule has 0 bridgehead atoms. The average Bonchev–Trinajstić information content (AvgIpc) is 2.83. The molecule has 180 valence electrons. The standard InChI is InChI=1S/C26H23FN2O5S/c1-4-24(29-25-17(3)7-6-14-28-25)35(32,33)20-12-9-18(10-13-20)8-11-19-15-21(26(31)34-5-2)23(30)16-22(19)27/h4,6-7,9-10,12-16,24,30H,1,5H2,2-3H3,(H,28,29). The van der Waals surface area contributed by atoms with Crippen LogP contribution in [0.25, 0.3) is 0 Å². The Morgan fingerprint density at radius 1 is 1.26 bits per heavy atom. The Balaban J connectivity index is 1.85. The number of phenolic OH excluding ortho intramolecular Hbond substituents is 1. The molecule has 3 rings (SSSR count). The predicted octanol–water partition coefficient (Wildman–Crippen LogP) is 4.21. The highest BCUT2D eigenvalue weighted by Gasteiger charge is 2.25. The van der Waals surface area contributed by atoms with E-state index < -0.39 is 32.7 Å². The summed E-state index contributed by atoms with van der Waals surface area (Å²) < 4.78 is 45.2. The Morgan fingerprint density at radius 2 is 1.97 bits per heavy atom. The second kappa shape index (κ2) is 10.8. The monoisotopic (exact) mass is 494 g/mol. The predicted molar refractivity (Wildman–Crippen MR) is 130 cm³/mol. The molecule has 0 spiro atoms. The maximum Gasteiger partial charge on any atom is 0.341 e. The molecule has 1 unspecified atom stereocenters. The lowest BCUT2D eigenvalue weighted by Crippen LogP contribution is -2.28. The van der Waals surface area contributed by atoms with Crippen LogP contribution in [0.4, 0.5) is 10.2 Å². The van der Waals surface area contributed by atoms with Gasteiger partial charge in [0.2, 0.25) is 9.84 Å². The Kier molecular flexibility index (Phi) is 7.89. The molecule has 1 aromatic heterocycles. The van der Waals surface area contributed by atoms with Gasteiger partial charge in [0.15, 0.2) is 5.37 Å². The Labute approximate surface area is 203 Å². The van der Waals surface area contributed by atoms with Gasteiger partial charge in [0, 0.05) is 17.8 Å². The first-order valence-electron chi connectivity index (χ1n) is 10.5. The second-order valence-corrected chi connectivity index (χ2v) is 9.43. The minimum Gasteiger partial charge on any atom is -0.507 e. The normalized spacial score (nSPS) is 11.6. The number of hydrogen-bond donors (Lipinski definition) is 2. The van der Waals surface area contributed by atoms with E-state index in [0.717, 1.165) is 17.7 Å². The van der Waals surface area contributed by atoms with Gasteiger partial charge in [-0.15, -0.1) is 0 Å². The molecule has 0 amide bonds. The van der Waals surface area contributed by atoms with Crippen LogP contribution in [-0.2, 0) is 14.6 Å². The van der Waals surface area contributed by atoms with Crippen molar-refractivity contribution in [2.75, 3.05) is 11.9 Å². The number of esters is 1. The highest BCUT2D eigenvalue weighted by molar-refractivity contribution is 7.92. The summed E-state index contributed by atoms with van der Waals surface area (Å²) in [7, 11) is -3.84. The van der Waals surface area contributed by atoms with Crippen molar-refractivity contribution in [2.45, 2.75) is 24.1 Å². The van der Waals surface area contributed by atoms with Crippen molar-refractivity contribution >= 4 is 21.6 Å². The number of phenols is 1. The molecule has 0 radical (unpaired) electrons. The van der Waals surface area contributed by atoms with E-state index in [4.69, 9.17) is 4.74 Å². The Bertz CT molecular complexity index is 1420. The number of benzene rings is 2. The summed E-state index contributed by atoms with van der Waals surface area (Å²) in [4.78, 5) is 16.1. The zero-order valence-electron chi connectivity index (χ0n) is 19.1. The van der Waals surface area contributed by atoms with E-state index >= 15 is 0 Å². The van der Waals surface area contributed by atoms with Gasteiger partial charge < -0.3 is 15.2 Å². The minimum absolute atomic E-state index is 0.0365. The molecule has 1 atom stereocenters. The number of aromatic hydroxyl groups is 1. The second-order valence-electron chi connectivity index (χ2n) is 7.36. The van der Waals surface area contributed by atoms with Gasteiger partial charge in [-0.2, -0.15) is 0 Å². The van der Waals surface area contributed by atoms with Crippen molar-refractivity contribution in [2.24, 2.45) is 0 Å². The van der Waals surface area contributed by atoms with Gasteiger partial charge in [-0.3, -0.25) is 0 Å². The fourth-order valence-electron chi connectivity index (χ4n) is 3.08. The van der Waals surface area contributed by atoms with Gasteiger partial charge >= 0.3 is 5.97 Å². The molecule has 0 saturated heterocycles. The number of anilines is 1. The third-order valence-electron chi connectivity index (χ3n) is 4.94. The Morgan fingerprint density at radius 3 is 2.60 bits per heavy atom. The summed E-state index contributed by atoms with van der Waals surface area (Å²) in [6.07, 6.45) is 2.84. The van der Waals surface area contributed by atoms with Crippen LogP contribution in [0.1, 0.15) is 34.0 Å². The molecule has 35 heavy (non-hydrogen) atoms. The summed E-state index contributed by atoms with van der Waals surface area (Å²) in [5.41, 5.74) is 0.875. The van der Waals surface area contributed by atoms with Crippen molar-refractivity contribution in [3.8, 4) is 17.6 Å². The summed E-state index contributed by atoms with van der Waals surface area (Å²) in [6, 6.07) is 11.2. The number of nitrogens with zero attached hydrogens (tertiary/aromatic N) is 1. The van der Waals surface area contributed by atoms with E-state index in [-0.39, 0.29) is 22.6 Å². The molecule has 1 heterocycles. The molecule has 0 aliphatic rings. The van der Waals surface area contributed by atoms with E-state index in [1.54, 1.807) is 19.2 Å². The van der Waals surface area contributed by atoms with Gasteiger partial charge in [-0.25, -0.2) is 22.6 Å². The topological polar surface area (TPSA) is 106 Å². The largest absolute Gasteiger partial charge is 0.507 e. The maximum absolute atomic E-state index is 14.2. The van der Waals surface area contributed by atoms with Crippen molar-refractivity contribution < 1.29 is 27.4 Å². The van der Waals surface area contributed by atoms with E-state index in [1.807, 2.05) is 13.0 Å². The Hall–Kier alpha value is -4.16. The number of carbonyl (C=O) groups excluding carboxylic acids is 1. The van der Waals surface area contributed by atoms with Gasteiger partial charge in [-0.1, -0.05) is 30.6 Å². The number of pyridine rings is 1. The number of halogens is 1. The zero-order chi connectivity index (χ0) is 25.6. The minimum atomic E-state index is -3.84. The van der Waals surface area contributed by atoms with E-state index in [0.29, 0.717) is 11.4 Å². The summed E-state index contributed by atoms with van der Waals surface area (Å²) in [5.74, 6) is 3.59. The molecule has 0 fully saturated rings. The first-order chi connectivity index (χ1) is 16.7. The van der Waals surface area contributed by atoms with Gasteiger partial charge in [-0.05, 0) is 55.8 Å². The van der Waals surface area contributed by atoms with Crippen molar-refractivity contribution in [1.82, 2.24) is 4.98 Å². The number of nitrogens with one attached hydrogen (secondary N) is 1. The molecule has 0 aliphatic heterocycles. The fourth-order valence-corrected chi connectivity index (χ4v) is 4.41. The molecule has 0 saturated carbocycles. The first-order valence-corrected chi connectivity index (χ1v) is 12.1. The molecular formula is C26H23FN2O5S. The van der Waals surface area contributed by atoms with Crippen LogP contribution in [0, 0.1) is 24.6 Å². The van der Waals surface area contributed by atoms with Gasteiger partial charge in [0.1, 0.15) is 22.9 Å². The number of ether oxygens (including phenoxy) is 1. The number of hydrogen-bond acceptors (Lipinski definition) is 7. The van der Waals surface area contributed by atoms with Crippen LogP contribution in [-0.4, -0.2) is 36.5 Å². The van der Waals surface area contributed by atoms with E-state index in [1.165, 1.54) is 30.3 Å². The molecule has 9 heteroatoms. The quantitative estimate of drug-likeness (QED) is 0.288. The molecular weight excluding hydrogens is 471 g/mol. The highest BCUT2D eigenvalue weighted by atomic mass is 32.2. The van der Waals surface area contributed by atoms with Crippen LogP contribution >= 0.6 is 0 Å². The highest BCUT2D eigenvalue weighted by Crippen LogP contribution is 2.23. The molecule has 7 nitrogen and oxygen atoms in total. The zero-order valence-corrected chi connectivity index (χ0v) is 19.9. The summed E-state index contributed by atoms with van der Waals surface area (Å²) >= 11 is 0. The van der Waals surface area contributed by atoms with Crippen molar-refractivity contribution in [3.63, 3.8) is 0 Å². The number of aryl methyl sites for hydroxylation is 1. The van der Waals surface area contributed by atoms with E-state index in [2.05, 4.69) is 28.7 Å². The fraction of sp³-hybridized carbons (Fsp3) is 0.154. The molecule has 2 N–H and O–H groups in total. The first kappa shape index (κ1) is 25.5. The van der Waals surface area contributed by atoms with Crippen LogP contribution in [0.15, 0.2) is 72.3 Å². The smallest absolute Gasteiger partial charge is 0.341 e. The van der Waals surface area contributed by atoms with Crippen LogP contribution in [0.3, 0.4) is 0 Å². The lowest BCUT2D eigenvalue weighted by molar-refractivity contribution is 0.0523. The maximum atomic E-state index is 14.2. The lowest BCUT2D eigenvalue weighted by Gasteiger charge is -2.17. The van der Waals surface area contributed by atoms with Crippen molar-refractivity contribution in [3.05, 3.63) is 95.5 Å². The molecule has 0 aliphatic carbocycles. The summed E-state index contributed by atoms with van der Waals surface area (Å²) in [6.45, 7) is 7.13. The van der Waals surface area contributed by atoms with Gasteiger partial charge in [0.05, 0.1) is 17.1 Å². The van der Waals surface area contributed by atoms with Gasteiger partial charge in [0.25, 0.3) is 0 Å². The number of rotatable bonds is 7. The number of sulfone groups is 1. The SMILES string of the molecule is C=CC(Nc1ncccc1C)S(=O)(=O)c1ccc(C#Cc2cc(C(=O)OCC)c(O)cc2F)cc1. The van der Waals surface area contributed by atoms with Crippen LogP contribution < -0.4 is 5.32 Å². The number of aromatic nitrogens is 1. The van der Waals surface area contributed by atoms with Crippen LogP contribution in [0.5, 0.6) is 5.75 Å². The average molecular weight is 495 g/mol. The lowest BCUT2D eigenvalue weighted by atomic mass is 10.1. The van der Waals surface area contributed by atoms with Crippen molar-refractivity contribution in [1.29, 1.82) is 0 Å².